The summed E-state index contributed by atoms with van der Waals surface area (Å²) in [4.78, 5) is 15.9. The molecule has 0 amide bonds. The van der Waals surface area contributed by atoms with Crippen LogP contribution in [0.1, 0.15) is 26.3 Å². The zero-order valence-electron chi connectivity index (χ0n) is 70.5. The summed E-state index contributed by atoms with van der Waals surface area (Å²) in [6.45, 7) is 6.90. The van der Waals surface area contributed by atoms with Crippen molar-refractivity contribution in [3.8, 4) is 95.7 Å². The van der Waals surface area contributed by atoms with E-state index >= 15 is 0 Å². The van der Waals surface area contributed by atoms with Gasteiger partial charge in [-0.15, -0.1) is 0 Å². The summed E-state index contributed by atoms with van der Waals surface area (Å²) in [6, 6.07) is 159. The molecule has 0 N–H and O–H groups in total. The number of fused-ring (bicyclic) bond motifs is 11. The predicted octanol–water partition coefficient (Wildman–Crippen LogP) is 30.4. The van der Waals surface area contributed by atoms with E-state index in [2.05, 4.69) is 441 Å². The van der Waals surface area contributed by atoms with Gasteiger partial charge in [0, 0.05) is 33.8 Å². The van der Waals surface area contributed by atoms with Crippen molar-refractivity contribution in [2.75, 3.05) is 0 Å². The Balaban J connectivity index is 0.000000120. The van der Waals surface area contributed by atoms with Crippen molar-refractivity contribution in [1.82, 2.24) is 28.7 Å². The molecule has 24 aromatic rings. The van der Waals surface area contributed by atoms with Gasteiger partial charge in [-0.2, -0.15) is 9.84 Å². The molecule has 0 saturated heterocycles. The first-order chi connectivity index (χ1) is 61.6. The normalized spacial score (nSPS) is 11.6. The molecule has 125 heavy (non-hydrogen) atoms. The fourth-order valence-electron chi connectivity index (χ4n) is 18.6. The topological polar surface area (TPSA) is 53.5 Å². The molecule has 0 spiro atoms. The van der Waals surface area contributed by atoms with Gasteiger partial charge in [-0.3, -0.25) is 13.7 Å². The van der Waals surface area contributed by atoms with Gasteiger partial charge in [0.1, 0.15) is 17.5 Å². The van der Waals surface area contributed by atoms with Crippen molar-refractivity contribution in [2.45, 2.75) is 26.2 Å². The molecule has 0 aliphatic carbocycles. The Morgan fingerprint density at radius 2 is 0.440 bits per heavy atom. The molecule has 1 atom stereocenters. The van der Waals surface area contributed by atoms with Crippen LogP contribution in [0.25, 0.3) is 215 Å². The molecule has 1 radical (unpaired) electrons. The number of rotatable bonds is 10. The minimum absolute atomic E-state index is 0. The van der Waals surface area contributed by atoms with Crippen LogP contribution < -0.4 is 0 Å². The van der Waals surface area contributed by atoms with Gasteiger partial charge in [0.05, 0.1) is 34.4 Å². The third kappa shape index (κ3) is 14.6. The molecule has 3 aromatic heterocycles. The summed E-state index contributed by atoms with van der Waals surface area (Å²) >= 11 is 0. The summed E-state index contributed by atoms with van der Waals surface area (Å²) in [5.74, 6) is 2.53. The van der Waals surface area contributed by atoms with Crippen molar-refractivity contribution in [1.29, 1.82) is 1.28 Å². The fourth-order valence-corrected chi connectivity index (χ4v) is 18.6. The van der Waals surface area contributed by atoms with E-state index in [-0.39, 0.29) is 31.6 Å². The van der Waals surface area contributed by atoms with Crippen molar-refractivity contribution in [3.63, 3.8) is 0 Å². The maximum atomic E-state index is 5.67. The number of aromatic nitrogens is 6. The molecule has 8 heteroatoms. The average Bonchev–Trinajstić information content (AvgIpc) is 1.19. The van der Waals surface area contributed by atoms with E-state index in [0.717, 1.165) is 84.3 Å². The van der Waals surface area contributed by atoms with E-state index in [1.807, 2.05) is 36.4 Å². The minimum atomic E-state index is 0. The Bertz CT molecular complexity index is 7740. The minimum Gasteiger partial charge on any atom is -0.292 e. The number of hydrogen-bond acceptors (Lipinski definition) is 3. The van der Waals surface area contributed by atoms with Gasteiger partial charge in [0.2, 0.25) is 0 Å². The third-order valence-corrected chi connectivity index (χ3v) is 24.4. The molecule has 6 nitrogen and oxygen atoms in total. The van der Waals surface area contributed by atoms with E-state index in [0.29, 0.717) is 0 Å². The van der Waals surface area contributed by atoms with Gasteiger partial charge >= 0.3 is 26.2 Å². The molecule has 0 saturated carbocycles. The molecule has 0 aliphatic rings. The van der Waals surface area contributed by atoms with Crippen LogP contribution in [0, 0.1) is 0 Å². The number of imidazole rings is 3. The smallest absolute Gasteiger partial charge is 0.145 e. The molecule has 3 heterocycles. The van der Waals surface area contributed by atoms with Crippen molar-refractivity contribution in [3.05, 3.63) is 448 Å². The van der Waals surface area contributed by atoms with Crippen LogP contribution in [0.15, 0.2) is 443 Å². The maximum absolute atomic E-state index is 5.67. The van der Waals surface area contributed by atoms with Crippen molar-refractivity contribution in [2.24, 2.45) is 0 Å². The second kappa shape index (κ2) is 33.3. The van der Waals surface area contributed by atoms with E-state index in [9.17, 15) is 0 Å². The Hall–Kier alpha value is -14.6. The van der Waals surface area contributed by atoms with Gasteiger partial charge in [-0.1, -0.05) is 342 Å². The number of para-hydroxylation sites is 9. The Kier molecular flexibility index (Phi) is 20.7. The first-order valence-corrected chi connectivity index (χ1v) is 42.3. The van der Waals surface area contributed by atoms with Gasteiger partial charge in [0.25, 0.3) is 0 Å². The Morgan fingerprint density at radius 3 is 0.720 bits per heavy atom. The van der Waals surface area contributed by atoms with Crippen LogP contribution in [-0.4, -0.2) is 56.1 Å². The van der Waals surface area contributed by atoms with E-state index in [4.69, 9.17) is 16.2 Å². The van der Waals surface area contributed by atoms with E-state index in [1.165, 1.54) is 136 Å². The standard InChI is InChI=1S/C45H30N6.C38H30.C34H22.Bi.H3P.2H/c1-4-16-34(17-5-1)49-40-25-13-10-22-37(40)46-43(49)31-28-32(44-47-38-23-11-14-26-41(38)50(44)35-18-6-2-7-19-35)30-33(29-31)45-48-39-24-12-15-27-42(39)51(45)36-20-8-3-9-21-36;1-38(2,3)31-20-21-34-35(24-31)37(30-19-17-26-11-5-7-13-28(26)23-30)33-15-9-8-14-32(33)36(34)29-18-16-25-10-4-6-12-27(25)22-29;1-3-11-25-21-27(19-17-23(25)9-1)33-29-13-5-7-15-31(29)34(32-16-8-6-14-30(32)33)28-20-18-24-10-2-4-12-26(24)22-28;;;;/h1-30H;4-24H,1-3H3;1-22H;;1H3;;/i;;;;1T;;. The number of benzene rings is 21. The Morgan fingerprint density at radius 1 is 0.208 bits per heavy atom. The monoisotopic (exact) mass is 1820 g/mol. The van der Waals surface area contributed by atoms with Crippen LogP contribution in [-0.2, 0) is 5.41 Å². The molecule has 595 valence electrons. The van der Waals surface area contributed by atoms with Gasteiger partial charge < -0.3 is 0 Å². The summed E-state index contributed by atoms with van der Waals surface area (Å²) in [5, 5.41) is 20.5. The van der Waals surface area contributed by atoms with Crippen molar-refractivity contribution < 1.29 is 0 Å². The first-order valence-electron chi connectivity index (χ1n) is 42.9. The van der Waals surface area contributed by atoms with E-state index in [1.54, 1.807) is 9.84 Å². The molecular weight excluding hydrogens is 1730 g/mol. The molecule has 24 rings (SSSR count). The molecule has 0 fully saturated rings. The molecule has 1 unspecified atom stereocenters. The van der Waals surface area contributed by atoms with E-state index < -0.39 is 0 Å². The predicted molar refractivity (Wildman–Crippen MR) is 540 cm³/mol. The largest absolute Gasteiger partial charge is 0.292 e. The fraction of sp³-hybridized carbons (Fsp3) is 0.0342. The molecule has 0 aliphatic heterocycles. The second-order valence-corrected chi connectivity index (χ2v) is 33.0. The van der Waals surface area contributed by atoms with Crippen molar-refractivity contribution >= 4 is 155 Å². The molecule has 21 aromatic carbocycles. The van der Waals surface area contributed by atoms with Gasteiger partial charge in [-0.25, -0.2) is 15.0 Å². The quantitative estimate of drug-likeness (QED) is 0.0779. The third-order valence-electron chi connectivity index (χ3n) is 24.4. The SMILES string of the molecule is CC(C)(C)c1ccc2c(-c3ccc4ccccc4c3)c3ccccc3c(-c3ccc4ccccc4c3)c2c1.[3H]P.[BiH2].c1ccc(-n2c(-c3cc(-c4nc5ccccc5n4-c4ccccc4)cc(-c4nc5ccccc5n4-c4ccccc4)c3)nc3ccccc32)cc1.c1ccc2cc(-c3c4ccccc4c(-c4ccc5ccccc5c4)c4ccccc34)ccc2c1. The first kappa shape index (κ1) is 77.7. The van der Waals surface area contributed by atoms with Crippen LogP contribution in [0.4, 0.5) is 0 Å². The van der Waals surface area contributed by atoms with Gasteiger partial charge in [-0.05, 0) is 263 Å². The van der Waals surface area contributed by atoms with Crippen LogP contribution in [0.5, 0.6) is 0 Å². The zero-order chi connectivity index (χ0) is 84.1. The zero-order valence-corrected chi connectivity index (χ0v) is 75.1. The molecular formula is C117H87BiN6P. The van der Waals surface area contributed by atoms with Crippen LogP contribution in [0.3, 0.4) is 0 Å². The number of hydrogen-bond donors (Lipinski definition) is 0. The summed E-state index contributed by atoms with van der Waals surface area (Å²) < 4.78 is 12.4. The van der Waals surface area contributed by atoms with Gasteiger partial charge in [0.15, 0.2) is 0 Å². The summed E-state index contributed by atoms with van der Waals surface area (Å²) in [7, 11) is 1.67. The summed E-state index contributed by atoms with van der Waals surface area (Å²) in [5.41, 5.74) is 23.6. The second-order valence-electron chi connectivity index (χ2n) is 33.0. The average molecular weight is 1820 g/mol. The van der Waals surface area contributed by atoms with Crippen LogP contribution in [0.2, 0.25) is 0 Å². The van der Waals surface area contributed by atoms with Crippen LogP contribution >= 0.6 is 9.84 Å². The number of nitrogens with zero attached hydrogens (tertiary/aromatic N) is 6. The molecule has 0 bridgehead atoms. The Labute approximate surface area is 749 Å². The maximum Gasteiger partial charge on any atom is 0.145 e. The summed E-state index contributed by atoms with van der Waals surface area (Å²) in [6.07, 6.45) is 0.